The van der Waals surface area contributed by atoms with Crippen molar-refractivity contribution in [1.82, 2.24) is 0 Å². The Balaban J connectivity index is 0.00000450. The van der Waals surface area contributed by atoms with Crippen LogP contribution in [0.2, 0.25) is 0 Å². The molecule has 7 heteroatoms. The predicted octanol–water partition coefficient (Wildman–Crippen LogP) is 2.88. The van der Waals surface area contributed by atoms with Gasteiger partial charge in [0.15, 0.2) is 0 Å². The van der Waals surface area contributed by atoms with E-state index < -0.39 is 10.1 Å². The molecule has 2 aromatic carbocycles. The van der Waals surface area contributed by atoms with Gasteiger partial charge < -0.3 is 9.84 Å². The molecule has 2 aromatic rings. The summed E-state index contributed by atoms with van der Waals surface area (Å²) in [5.41, 5.74) is 0.881. The van der Waals surface area contributed by atoms with Crippen molar-refractivity contribution in [3.05, 3.63) is 48.0 Å². The largest absolute Gasteiger partial charge is 1.00 e. The zero-order chi connectivity index (χ0) is 21.1. The molecular formula is C23H31NaO5S. The van der Waals surface area contributed by atoms with Crippen molar-refractivity contribution in [3.8, 4) is 17.2 Å². The van der Waals surface area contributed by atoms with Gasteiger partial charge in [-0.3, -0.25) is 4.55 Å². The molecule has 0 saturated carbocycles. The Morgan fingerprint density at radius 3 is 2.00 bits per heavy atom. The van der Waals surface area contributed by atoms with Crippen LogP contribution in [-0.4, -0.2) is 13.0 Å². The van der Waals surface area contributed by atoms with Crippen LogP contribution in [0.3, 0.4) is 0 Å². The van der Waals surface area contributed by atoms with Crippen LogP contribution in [0.5, 0.6) is 17.2 Å². The first kappa shape index (κ1) is 27.0. The van der Waals surface area contributed by atoms with Crippen LogP contribution in [0, 0.1) is 0 Å². The van der Waals surface area contributed by atoms with E-state index in [0.717, 1.165) is 24.8 Å². The van der Waals surface area contributed by atoms with E-state index in [1.54, 1.807) is 18.2 Å². The molecule has 0 atom stereocenters. The summed E-state index contributed by atoms with van der Waals surface area (Å²) in [6.07, 6.45) is 11.8. The monoisotopic (exact) mass is 442 g/mol. The van der Waals surface area contributed by atoms with E-state index >= 15 is 0 Å². The third-order valence-electron chi connectivity index (χ3n) is 4.94. The van der Waals surface area contributed by atoms with E-state index in [0.29, 0.717) is 11.5 Å². The van der Waals surface area contributed by atoms with E-state index in [1.165, 1.54) is 69.2 Å². The minimum Gasteiger partial charge on any atom is -0.872 e. The van der Waals surface area contributed by atoms with Crippen LogP contribution in [0.25, 0.3) is 0 Å². The molecule has 0 bridgehead atoms. The number of unbranched alkanes of at least 4 members (excludes halogenated alkanes) is 8. The third kappa shape index (κ3) is 9.84. The first-order valence-electron chi connectivity index (χ1n) is 10.5. The molecule has 2 rings (SSSR count). The molecule has 0 radical (unpaired) electrons. The van der Waals surface area contributed by atoms with Gasteiger partial charge in [-0.15, -0.1) is 5.75 Å². The molecule has 160 valence electrons. The fraction of sp³-hybridized carbons (Fsp3) is 0.478. The van der Waals surface area contributed by atoms with E-state index in [1.807, 2.05) is 0 Å². The second-order valence-corrected chi connectivity index (χ2v) is 8.82. The maximum atomic E-state index is 11.5. The minimum atomic E-state index is -4.31. The van der Waals surface area contributed by atoms with Crippen LogP contribution < -0.4 is 39.4 Å². The second-order valence-electron chi connectivity index (χ2n) is 7.40. The number of hydrogen-bond acceptors (Lipinski definition) is 4. The molecular weight excluding hydrogens is 411 g/mol. The van der Waals surface area contributed by atoms with Crippen molar-refractivity contribution >= 4 is 10.1 Å². The standard InChI is InChI=1S/C23H32O5S.Na/c1-2-3-4-5-6-7-8-9-10-11-19-12-17-22(29(25,26)27)18-23(19)28-21-15-13-20(24)14-16-21;/h12-18,24H,2-11H2,1H3,(H,25,26,27);/q;+1/p-1. The Morgan fingerprint density at radius 2 is 1.43 bits per heavy atom. The van der Waals surface area contributed by atoms with Crippen molar-refractivity contribution in [2.45, 2.75) is 76.0 Å². The van der Waals surface area contributed by atoms with Crippen molar-refractivity contribution in [1.29, 1.82) is 0 Å². The molecule has 0 aromatic heterocycles. The molecule has 30 heavy (non-hydrogen) atoms. The van der Waals surface area contributed by atoms with Gasteiger partial charge in [-0.25, -0.2) is 0 Å². The van der Waals surface area contributed by atoms with Crippen molar-refractivity contribution in [2.24, 2.45) is 0 Å². The Bertz CT molecular complexity index is 850. The Hall–Kier alpha value is -1.05. The summed E-state index contributed by atoms with van der Waals surface area (Å²) in [4.78, 5) is -0.205. The molecule has 1 N–H and O–H groups in total. The van der Waals surface area contributed by atoms with E-state index in [4.69, 9.17) is 4.74 Å². The Labute approximate surface area is 202 Å². The smallest absolute Gasteiger partial charge is 0.872 e. The topological polar surface area (TPSA) is 86.7 Å². The van der Waals surface area contributed by atoms with Gasteiger partial charge in [0, 0.05) is 6.07 Å². The first-order valence-corrected chi connectivity index (χ1v) is 11.9. The van der Waals surface area contributed by atoms with Crippen LogP contribution in [-0.2, 0) is 16.5 Å². The molecule has 0 fully saturated rings. The number of hydrogen-bond donors (Lipinski definition) is 1. The normalized spacial score (nSPS) is 11.1. The summed E-state index contributed by atoms with van der Waals surface area (Å²) in [5, 5.41) is 11.3. The number of rotatable bonds is 13. The number of ether oxygens (including phenoxy) is 1. The Kier molecular flexibility index (Phi) is 12.7. The fourth-order valence-corrected chi connectivity index (χ4v) is 3.75. The zero-order valence-corrected chi connectivity index (χ0v) is 20.9. The van der Waals surface area contributed by atoms with Gasteiger partial charge in [0.25, 0.3) is 10.1 Å². The van der Waals surface area contributed by atoms with Gasteiger partial charge >= 0.3 is 29.6 Å². The Morgan fingerprint density at radius 1 is 0.867 bits per heavy atom. The number of benzene rings is 2. The van der Waals surface area contributed by atoms with Crippen molar-refractivity contribution in [2.75, 3.05) is 0 Å². The van der Waals surface area contributed by atoms with Gasteiger partial charge in [-0.2, -0.15) is 8.42 Å². The molecule has 0 heterocycles. The van der Waals surface area contributed by atoms with Crippen LogP contribution in [0.4, 0.5) is 0 Å². The second kappa shape index (κ2) is 14.1. The summed E-state index contributed by atoms with van der Waals surface area (Å²) in [6, 6.07) is 10.3. The predicted molar refractivity (Wildman–Crippen MR) is 113 cm³/mol. The van der Waals surface area contributed by atoms with Gasteiger partial charge in [-0.05, 0) is 36.6 Å². The van der Waals surface area contributed by atoms with E-state index in [9.17, 15) is 18.1 Å². The third-order valence-corrected chi connectivity index (χ3v) is 5.79. The molecule has 0 aliphatic heterocycles. The molecule has 0 aliphatic rings. The summed E-state index contributed by atoms with van der Waals surface area (Å²) in [5.74, 6) is 0.711. The van der Waals surface area contributed by atoms with Crippen LogP contribution >= 0.6 is 0 Å². The molecule has 0 unspecified atom stereocenters. The SMILES string of the molecule is CCCCCCCCCCCc1ccc(S(=O)(=O)O)cc1Oc1ccc([O-])cc1.[Na+]. The average Bonchev–Trinajstić information content (AvgIpc) is 2.68. The number of aryl methyl sites for hydroxylation is 1. The average molecular weight is 443 g/mol. The van der Waals surface area contributed by atoms with Gasteiger partial charge in [0.2, 0.25) is 0 Å². The van der Waals surface area contributed by atoms with Gasteiger partial charge in [0.1, 0.15) is 11.5 Å². The zero-order valence-electron chi connectivity index (χ0n) is 18.1. The molecule has 5 nitrogen and oxygen atoms in total. The summed E-state index contributed by atoms with van der Waals surface area (Å²) < 4.78 is 38.1. The maximum absolute atomic E-state index is 11.5. The van der Waals surface area contributed by atoms with Crippen LogP contribution in [0.15, 0.2) is 47.4 Å². The first-order chi connectivity index (χ1) is 13.9. The van der Waals surface area contributed by atoms with E-state index in [-0.39, 0.29) is 40.2 Å². The molecule has 0 amide bonds. The minimum absolute atomic E-state index is 0. The maximum Gasteiger partial charge on any atom is 1.00 e. The van der Waals surface area contributed by atoms with Gasteiger partial charge in [0.05, 0.1) is 4.90 Å². The summed E-state index contributed by atoms with van der Waals surface area (Å²) >= 11 is 0. The summed E-state index contributed by atoms with van der Waals surface area (Å²) in [6.45, 7) is 2.22. The van der Waals surface area contributed by atoms with Crippen molar-refractivity contribution < 1.29 is 52.4 Å². The molecule has 0 aliphatic carbocycles. The quantitative estimate of drug-likeness (QED) is 0.293. The fourth-order valence-electron chi connectivity index (χ4n) is 3.26. The summed E-state index contributed by atoms with van der Waals surface area (Å²) in [7, 11) is -4.31. The molecule has 0 spiro atoms. The van der Waals surface area contributed by atoms with Crippen molar-refractivity contribution in [3.63, 3.8) is 0 Å². The van der Waals surface area contributed by atoms with Crippen LogP contribution in [0.1, 0.15) is 70.3 Å². The van der Waals surface area contributed by atoms with E-state index in [2.05, 4.69) is 6.92 Å². The molecule has 0 saturated heterocycles. The van der Waals surface area contributed by atoms with Gasteiger partial charge in [-0.1, -0.05) is 76.5 Å².